The SMILES string of the molecule is COc1cc(OC)nc(OC(C(=O)NN(C)C)C(C)(CS(=O)O)OC)n1. The molecule has 0 saturated carbocycles. The van der Waals surface area contributed by atoms with E-state index in [0.29, 0.717) is 0 Å². The summed E-state index contributed by atoms with van der Waals surface area (Å²) < 4.78 is 41.7. The Kier molecular flexibility index (Phi) is 8.14. The van der Waals surface area contributed by atoms with Crippen molar-refractivity contribution in [3.8, 4) is 17.8 Å². The third-order valence-corrected chi connectivity index (χ3v) is 4.12. The van der Waals surface area contributed by atoms with Gasteiger partial charge in [0.15, 0.2) is 11.1 Å². The molecule has 0 spiro atoms. The van der Waals surface area contributed by atoms with Crippen LogP contribution in [0.15, 0.2) is 6.07 Å². The summed E-state index contributed by atoms with van der Waals surface area (Å²) in [4.78, 5) is 20.6. The summed E-state index contributed by atoms with van der Waals surface area (Å²) in [6.07, 6.45) is -1.34. The van der Waals surface area contributed by atoms with Crippen LogP contribution >= 0.6 is 0 Å². The van der Waals surface area contributed by atoms with E-state index in [1.165, 1.54) is 39.3 Å². The number of hydrogen-bond donors (Lipinski definition) is 2. The Balaban J connectivity index is 3.28. The molecule has 12 heteroatoms. The molecule has 1 amide bonds. The number of aromatic nitrogens is 2. The van der Waals surface area contributed by atoms with E-state index in [4.69, 9.17) is 18.9 Å². The Bertz CT molecular complexity index is 623. The van der Waals surface area contributed by atoms with Crippen LogP contribution in [0.2, 0.25) is 0 Å². The molecule has 0 aliphatic rings. The van der Waals surface area contributed by atoms with Crippen molar-refractivity contribution in [3.05, 3.63) is 6.07 Å². The van der Waals surface area contributed by atoms with Gasteiger partial charge < -0.3 is 23.5 Å². The Labute approximate surface area is 154 Å². The van der Waals surface area contributed by atoms with Crippen LogP contribution in [0.5, 0.6) is 17.8 Å². The number of hydrogen-bond acceptors (Lipinski definition) is 9. The first-order valence-electron chi connectivity index (χ1n) is 7.39. The highest BCUT2D eigenvalue weighted by molar-refractivity contribution is 7.79. The largest absolute Gasteiger partial charge is 0.481 e. The summed E-state index contributed by atoms with van der Waals surface area (Å²) in [5.41, 5.74) is 1.08. The average Bonchev–Trinajstić information content (AvgIpc) is 2.57. The molecule has 1 aromatic rings. The molecule has 0 saturated heterocycles. The zero-order valence-corrected chi connectivity index (χ0v) is 16.3. The lowest BCUT2D eigenvalue weighted by Gasteiger charge is -2.34. The van der Waals surface area contributed by atoms with Crippen LogP contribution in [-0.4, -0.2) is 82.5 Å². The molecular weight excluding hydrogens is 368 g/mol. The van der Waals surface area contributed by atoms with Gasteiger partial charge in [0.1, 0.15) is 5.60 Å². The molecule has 0 bridgehead atoms. The minimum absolute atomic E-state index is 0.156. The third-order valence-electron chi connectivity index (χ3n) is 3.30. The molecule has 0 radical (unpaired) electrons. The van der Waals surface area contributed by atoms with Crippen molar-refractivity contribution < 1.29 is 32.5 Å². The molecule has 0 aliphatic heterocycles. The second-order valence-electron chi connectivity index (χ2n) is 5.59. The minimum atomic E-state index is -2.24. The first-order valence-corrected chi connectivity index (χ1v) is 8.67. The lowest BCUT2D eigenvalue weighted by Crippen LogP contribution is -2.58. The molecule has 3 unspecified atom stereocenters. The molecular formula is C14H24N4O7S. The zero-order valence-electron chi connectivity index (χ0n) is 15.5. The molecule has 11 nitrogen and oxygen atoms in total. The molecule has 0 fully saturated rings. The van der Waals surface area contributed by atoms with Crippen LogP contribution in [0.1, 0.15) is 6.92 Å². The monoisotopic (exact) mass is 392 g/mol. The lowest BCUT2D eigenvalue weighted by molar-refractivity contribution is -0.146. The highest BCUT2D eigenvalue weighted by Crippen LogP contribution is 2.24. The smallest absolute Gasteiger partial charge is 0.323 e. The number of rotatable bonds is 10. The fourth-order valence-corrected chi connectivity index (χ4v) is 2.73. The predicted octanol–water partition coefficient (Wildman–Crippen LogP) is -0.539. The number of hydrazine groups is 1. The van der Waals surface area contributed by atoms with Gasteiger partial charge in [-0.05, 0) is 6.92 Å². The van der Waals surface area contributed by atoms with Crippen LogP contribution in [0.25, 0.3) is 0 Å². The first-order chi connectivity index (χ1) is 12.1. The van der Waals surface area contributed by atoms with E-state index in [2.05, 4.69) is 15.4 Å². The zero-order chi connectivity index (χ0) is 19.9. The Hall–Kier alpha value is -2.02. The van der Waals surface area contributed by atoms with Crippen molar-refractivity contribution in [1.29, 1.82) is 0 Å². The molecule has 0 aliphatic carbocycles. The van der Waals surface area contributed by atoms with Gasteiger partial charge >= 0.3 is 6.01 Å². The van der Waals surface area contributed by atoms with E-state index in [0.717, 1.165) is 0 Å². The molecule has 0 aromatic carbocycles. The summed E-state index contributed by atoms with van der Waals surface area (Å²) in [6, 6.07) is 1.21. The average molecular weight is 392 g/mol. The lowest BCUT2D eigenvalue weighted by atomic mass is 10.0. The standard InChI is InChI=1S/C14H24N4O7S/c1-14(24-6,8-26(20)21)11(12(19)17-18(2)3)25-13-15-9(22-4)7-10(16-13)23-5/h7,11H,8H2,1-6H3,(H,17,19)(H,20,21). The van der Waals surface area contributed by atoms with Gasteiger partial charge in [0, 0.05) is 21.2 Å². The molecule has 2 N–H and O–H groups in total. The van der Waals surface area contributed by atoms with E-state index >= 15 is 0 Å². The number of nitrogens with zero attached hydrogens (tertiary/aromatic N) is 3. The normalized spacial score (nSPS) is 15.7. The second kappa shape index (κ2) is 9.62. The van der Waals surface area contributed by atoms with E-state index in [-0.39, 0.29) is 23.5 Å². The summed E-state index contributed by atoms with van der Waals surface area (Å²) in [6.45, 7) is 1.47. The maximum atomic E-state index is 12.6. The van der Waals surface area contributed by atoms with Crippen molar-refractivity contribution >= 4 is 17.0 Å². The van der Waals surface area contributed by atoms with Gasteiger partial charge in [-0.3, -0.25) is 10.2 Å². The van der Waals surface area contributed by atoms with Crippen LogP contribution in [0.4, 0.5) is 0 Å². The summed E-state index contributed by atoms with van der Waals surface area (Å²) >= 11 is -2.24. The topological polar surface area (TPSA) is 132 Å². The van der Waals surface area contributed by atoms with Crippen LogP contribution in [-0.2, 0) is 20.6 Å². The second-order valence-corrected chi connectivity index (χ2v) is 6.52. The number of ether oxygens (including phenoxy) is 4. The van der Waals surface area contributed by atoms with E-state index in [9.17, 15) is 13.6 Å². The maximum absolute atomic E-state index is 12.6. The number of amides is 1. The predicted molar refractivity (Wildman–Crippen MR) is 92.4 cm³/mol. The third kappa shape index (κ3) is 6.05. The fourth-order valence-electron chi connectivity index (χ4n) is 1.97. The number of methoxy groups -OCH3 is 3. The summed E-state index contributed by atoms with van der Waals surface area (Å²) in [5.74, 6) is -0.682. The van der Waals surface area contributed by atoms with Crippen molar-refractivity contribution in [2.24, 2.45) is 0 Å². The van der Waals surface area contributed by atoms with Crippen molar-refractivity contribution in [2.45, 2.75) is 18.6 Å². The molecule has 1 heterocycles. The van der Waals surface area contributed by atoms with Crippen molar-refractivity contribution in [2.75, 3.05) is 41.2 Å². The molecule has 1 aromatic heterocycles. The van der Waals surface area contributed by atoms with Crippen LogP contribution < -0.4 is 19.6 Å². The first kappa shape index (κ1) is 22.0. The van der Waals surface area contributed by atoms with E-state index < -0.39 is 28.7 Å². The highest BCUT2D eigenvalue weighted by atomic mass is 32.2. The maximum Gasteiger partial charge on any atom is 0.323 e. The molecule has 3 atom stereocenters. The van der Waals surface area contributed by atoms with Gasteiger partial charge in [0.2, 0.25) is 17.9 Å². The van der Waals surface area contributed by atoms with Crippen LogP contribution in [0.3, 0.4) is 0 Å². The van der Waals surface area contributed by atoms with E-state index in [1.54, 1.807) is 14.1 Å². The van der Waals surface area contributed by atoms with Crippen molar-refractivity contribution in [3.63, 3.8) is 0 Å². The Morgan fingerprint density at radius 1 is 1.31 bits per heavy atom. The molecule has 26 heavy (non-hydrogen) atoms. The van der Waals surface area contributed by atoms with Gasteiger partial charge in [-0.25, -0.2) is 9.22 Å². The Morgan fingerprint density at radius 3 is 2.23 bits per heavy atom. The quantitative estimate of drug-likeness (QED) is 0.395. The Morgan fingerprint density at radius 2 is 1.85 bits per heavy atom. The fraction of sp³-hybridized carbons (Fsp3) is 0.643. The minimum Gasteiger partial charge on any atom is -0.481 e. The number of nitrogens with one attached hydrogen (secondary N) is 1. The van der Waals surface area contributed by atoms with Crippen molar-refractivity contribution in [1.82, 2.24) is 20.4 Å². The number of carbonyl (C=O) groups is 1. The van der Waals surface area contributed by atoms with Gasteiger partial charge in [-0.15, -0.1) is 0 Å². The molecule has 148 valence electrons. The van der Waals surface area contributed by atoms with Crippen LogP contribution in [0, 0.1) is 0 Å². The van der Waals surface area contributed by atoms with Gasteiger partial charge in [-0.2, -0.15) is 9.97 Å². The van der Waals surface area contributed by atoms with E-state index in [1.807, 2.05) is 0 Å². The summed E-state index contributed by atoms with van der Waals surface area (Å²) in [7, 11) is 7.31. The summed E-state index contributed by atoms with van der Waals surface area (Å²) in [5, 5.41) is 1.40. The van der Waals surface area contributed by atoms with Gasteiger partial charge in [0.05, 0.1) is 26.0 Å². The van der Waals surface area contributed by atoms with Gasteiger partial charge in [0.25, 0.3) is 5.91 Å². The number of carbonyl (C=O) groups excluding carboxylic acids is 1. The highest BCUT2D eigenvalue weighted by Gasteiger charge is 2.44. The molecule has 1 rings (SSSR count). The van der Waals surface area contributed by atoms with Gasteiger partial charge in [-0.1, -0.05) is 0 Å².